The zero-order chi connectivity index (χ0) is 18.2. The molecule has 0 aliphatic carbocycles. The maximum atomic E-state index is 12.9. The van der Waals surface area contributed by atoms with Gasteiger partial charge in [-0.2, -0.15) is 4.98 Å². The summed E-state index contributed by atoms with van der Waals surface area (Å²) >= 11 is 0. The number of nitrogens with zero attached hydrogens (tertiary/aromatic N) is 4. The third-order valence-electron chi connectivity index (χ3n) is 3.59. The zero-order valence-corrected chi connectivity index (χ0v) is 17.1. The second kappa shape index (κ2) is 10.6. The zero-order valence-electron chi connectivity index (χ0n) is 14.7. The lowest BCUT2D eigenvalue weighted by Crippen LogP contribution is -2.37. The Morgan fingerprint density at radius 1 is 1.15 bits per heavy atom. The van der Waals surface area contributed by atoms with Crippen LogP contribution in [0.1, 0.15) is 11.4 Å². The van der Waals surface area contributed by atoms with Crippen molar-refractivity contribution in [1.82, 2.24) is 25.8 Å². The fraction of sp³-hybridized carbons (Fsp3) is 0.222. The Labute approximate surface area is 173 Å². The number of guanidine groups is 1. The minimum absolute atomic E-state index is 0. The fourth-order valence-corrected chi connectivity index (χ4v) is 2.25. The molecule has 3 aromatic rings. The average molecular weight is 482 g/mol. The summed E-state index contributed by atoms with van der Waals surface area (Å²) in [6, 6.07) is 11.8. The number of aliphatic imine (C=N–C) groups is 1. The van der Waals surface area contributed by atoms with Crippen LogP contribution in [-0.4, -0.2) is 34.7 Å². The minimum Gasteiger partial charge on any atom is -0.356 e. The lowest BCUT2D eigenvalue weighted by atomic mass is 10.2. The molecule has 0 fully saturated rings. The van der Waals surface area contributed by atoms with Crippen LogP contribution in [0.15, 0.2) is 58.2 Å². The van der Waals surface area contributed by atoms with E-state index < -0.39 is 0 Å². The summed E-state index contributed by atoms with van der Waals surface area (Å²) in [5.74, 6) is 1.38. The number of pyridine rings is 1. The van der Waals surface area contributed by atoms with E-state index in [0.717, 1.165) is 5.56 Å². The van der Waals surface area contributed by atoms with Crippen LogP contribution < -0.4 is 10.6 Å². The van der Waals surface area contributed by atoms with Crippen LogP contribution in [0.4, 0.5) is 4.39 Å². The lowest BCUT2D eigenvalue weighted by Gasteiger charge is -2.11. The topological polar surface area (TPSA) is 88.2 Å². The van der Waals surface area contributed by atoms with Gasteiger partial charge in [-0.25, -0.2) is 4.39 Å². The van der Waals surface area contributed by atoms with E-state index in [1.165, 1.54) is 12.1 Å². The third-order valence-corrected chi connectivity index (χ3v) is 3.59. The van der Waals surface area contributed by atoms with Gasteiger partial charge in [0.25, 0.3) is 5.89 Å². The number of rotatable bonds is 6. The van der Waals surface area contributed by atoms with Crippen molar-refractivity contribution in [2.45, 2.75) is 13.0 Å². The highest BCUT2D eigenvalue weighted by molar-refractivity contribution is 14.0. The van der Waals surface area contributed by atoms with Crippen LogP contribution in [-0.2, 0) is 13.0 Å². The van der Waals surface area contributed by atoms with Gasteiger partial charge in [0.1, 0.15) is 11.5 Å². The number of hydrogen-bond donors (Lipinski definition) is 2. The molecule has 27 heavy (non-hydrogen) atoms. The fourth-order valence-electron chi connectivity index (χ4n) is 2.25. The van der Waals surface area contributed by atoms with E-state index in [4.69, 9.17) is 4.52 Å². The Balaban J connectivity index is 0.00000261. The molecule has 1 aromatic carbocycles. The van der Waals surface area contributed by atoms with E-state index in [1.54, 1.807) is 25.4 Å². The number of halogens is 2. The van der Waals surface area contributed by atoms with Gasteiger partial charge >= 0.3 is 0 Å². The Kier molecular flexibility index (Phi) is 8.11. The molecule has 0 atom stereocenters. The van der Waals surface area contributed by atoms with Crippen molar-refractivity contribution < 1.29 is 8.91 Å². The number of aromatic nitrogens is 3. The lowest BCUT2D eigenvalue weighted by molar-refractivity contribution is 0.421. The van der Waals surface area contributed by atoms with Gasteiger partial charge in [0.2, 0.25) is 0 Å². The third kappa shape index (κ3) is 6.27. The molecule has 0 amide bonds. The Morgan fingerprint density at radius 2 is 1.96 bits per heavy atom. The quantitative estimate of drug-likeness (QED) is 0.319. The highest BCUT2D eigenvalue weighted by atomic mass is 127. The highest BCUT2D eigenvalue weighted by Gasteiger charge is 2.09. The van der Waals surface area contributed by atoms with Gasteiger partial charge < -0.3 is 15.2 Å². The normalized spacial score (nSPS) is 11.0. The summed E-state index contributed by atoms with van der Waals surface area (Å²) in [5.41, 5.74) is 1.61. The second-order valence-corrected chi connectivity index (χ2v) is 5.46. The molecule has 2 N–H and O–H groups in total. The molecule has 3 rings (SSSR count). The van der Waals surface area contributed by atoms with E-state index >= 15 is 0 Å². The van der Waals surface area contributed by atoms with Crippen LogP contribution in [0, 0.1) is 5.82 Å². The van der Waals surface area contributed by atoms with E-state index in [2.05, 4.69) is 30.8 Å². The molecule has 0 saturated heterocycles. The van der Waals surface area contributed by atoms with E-state index in [-0.39, 0.29) is 29.8 Å². The van der Waals surface area contributed by atoms with E-state index in [9.17, 15) is 4.39 Å². The number of benzene rings is 1. The molecule has 0 aliphatic rings. The number of hydrogen-bond acceptors (Lipinski definition) is 5. The Hall–Kier alpha value is -2.56. The van der Waals surface area contributed by atoms with Crippen molar-refractivity contribution in [1.29, 1.82) is 0 Å². The van der Waals surface area contributed by atoms with Gasteiger partial charge in [-0.05, 0) is 29.8 Å². The van der Waals surface area contributed by atoms with Gasteiger partial charge in [-0.1, -0.05) is 23.4 Å². The highest BCUT2D eigenvalue weighted by Crippen LogP contribution is 2.13. The van der Waals surface area contributed by atoms with Crippen molar-refractivity contribution in [2.75, 3.05) is 13.6 Å². The van der Waals surface area contributed by atoms with Gasteiger partial charge in [-0.15, -0.1) is 24.0 Å². The summed E-state index contributed by atoms with van der Waals surface area (Å²) in [4.78, 5) is 12.7. The first-order valence-electron chi connectivity index (χ1n) is 8.17. The first-order valence-corrected chi connectivity index (χ1v) is 8.17. The molecule has 0 saturated carbocycles. The molecular formula is C18H20FIN6O. The second-order valence-electron chi connectivity index (χ2n) is 5.46. The van der Waals surface area contributed by atoms with E-state index in [1.807, 2.05) is 18.2 Å². The summed E-state index contributed by atoms with van der Waals surface area (Å²) in [6.07, 6.45) is 2.26. The van der Waals surface area contributed by atoms with Crippen LogP contribution >= 0.6 is 24.0 Å². The van der Waals surface area contributed by atoms with Crippen molar-refractivity contribution in [3.05, 3.63) is 65.9 Å². The Morgan fingerprint density at radius 3 is 2.67 bits per heavy atom. The van der Waals surface area contributed by atoms with Crippen molar-refractivity contribution >= 4 is 29.9 Å². The first-order chi connectivity index (χ1) is 12.7. The van der Waals surface area contributed by atoms with Crippen LogP contribution in [0.2, 0.25) is 0 Å². The van der Waals surface area contributed by atoms with Gasteiger partial charge in [0, 0.05) is 32.8 Å². The molecule has 0 spiro atoms. The SMILES string of the molecule is CN=C(NCCc1noc(-c2ccccn2)n1)NCc1ccc(F)cc1.I. The predicted molar refractivity (Wildman–Crippen MR) is 111 cm³/mol. The average Bonchev–Trinajstić information content (AvgIpc) is 3.15. The molecule has 0 bridgehead atoms. The van der Waals surface area contributed by atoms with Crippen molar-refractivity contribution in [3.8, 4) is 11.6 Å². The monoisotopic (exact) mass is 482 g/mol. The summed E-state index contributed by atoms with van der Waals surface area (Å²) in [5, 5.41) is 10.3. The molecule has 7 nitrogen and oxygen atoms in total. The minimum atomic E-state index is -0.249. The molecule has 0 radical (unpaired) electrons. The van der Waals surface area contributed by atoms with Crippen LogP contribution in [0.25, 0.3) is 11.6 Å². The molecular weight excluding hydrogens is 462 g/mol. The molecule has 142 valence electrons. The van der Waals surface area contributed by atoms with Crippen molar-refractivity contribution in [2.24, 2.45) is 4.99 Å². The smallest absolute Gasteiger partial charge is 0.276 e. The molecule has 2 aromatic heterocycles. The summed E-state index contributed by atoms with van der Waals surface area (Å²) in [6.45, 7) is 1.14. The molecule has 9 heteroatoms. The Bertz CT molecular complexity index is 854. The largest absolute Gasteiger partial charge is 0.356 e. The summed E-state index contributed by atoms with van der Waals surface area (Å²) in [7, 11) is 1.69. The molecule has 2 heterocycles. The standard InChI is InChI=1S/C18H19FN6O.HI/c1-20-18(23-12-13-5-7-14(19)8-6-13)22-11-9-16-24-17(26-25-16)15-4-2-3-10-21-15;/h2-8,10H,9,11-12H2,1H3,(H2,20,22,23);1H. The summed E-state index contributed by atoms with van der Waals surface area (Å²) < 4.78 is 18.1. The maximum absolute atomic E-state index is 12.9. The maximum Gasteiger partial charge on any atom is 0.276 e. The molecule has 0 aliphatic heterocycles. The van der Waals surface area contributed by atoms with Crippen LogP contribution in [0.5, 0.6) is 0 Å². The molecule has 0 unspecified atom stereocenters. The van der Waals surface area contributed by atoms with E-state index in [0.29, 0.717) is 42.9 Å². The van der Waals surface area contributed by atoms with Gasteiger partial charge in [0.15, 0.2) is 11.8 Å². The van der Waals surface area contributed by atoms with Gasteiger partial charge in [-0.3, -0.25) is 9.98 Å². The predicted octanol–water partition coefficient (Wildman–Crippen LogP) is 2.80. The van der Waals surface area contributed by atoms with Crippen molar-refractivity contribution in [3.63, 3.8) is 0 Å². The van der Waals surface area contributed by atoms with Crippen LogP contribution in [0.3, 0.4) is 0 Å². The first kappa shape index (κ1) is 20.7. The number of nitrogens with one attached hydrogen (secondary N) is 2. The van der Waals surface area contributed by atoms with Gasteiger partial charge in [0.05, 0.1) is 0 Å².